The Balaban J connectivity index is 0.00000408. The lowest BCUT2D eigenvalue weighted by Crippen LogP contribution is -2.54. The molecule has 1 fully saturated rings. The van der Waals surface area contributed by atoms with Crippen LogP contribution in [0.25, 0.3) is 6.08 Å². The van der Waals surface area contributed by atoms with Crippen LogP contribution in [0.4, 0.5) is 10.1 Å². The van der Waals surface area contributed by atoms with Gasteiger partial charge in [-0.05, 0) is 47.6 Å². The van der Waals surface area contributed by atoms with Crippen molar-refractivity contribution in [3.8, 4) is 0 Å². The van der Waals surface area contributed by atoms with E-state index in [0.29, 0.717) is 17.7 Å². The van der Waals surface area contributed by atoms with E-state index in [0.717, 1.165) is 5.56 Å². The van der Waals surface area contributed by atoms with E-state index in [2.05, 4.69) is 38.2 Å². The molecule has 0 radical (unpaired) electrons. The molecule has 1 aliphatic heterocycles. The summed E-state index contributed by atoms with van der Waals surface area (Å²) in [5.41, 5.74) is 9.28. The minimum atomic E-state index is -3.36. The molecule has 188 valence electrons. The number of anilines is 1. The second-order valence-electron chi connectivity index (χ2n) is 10.1. The van der Waals surface area contributed by atoms with Crippen LogP contribution in [0, 0.1) is 11.7 Å². The first-order valence-corrected chi connectivity index (χ1v) is 13.1. The van der Waals surface area contributed by atoms with Gasteiger partial charge in [-0.2, -0.15) is 0 Å². The van der Waals surface area contributed by atoms with Crippen LogP contribution >= 0.6 is 12.4 Å². The summed E-state index contributed by atoms with van der Waals surface area (Å²) in [7, 11) is -3.36. The van der Waals surface area contributed by atoms with Gasteiger partial charge >= 0.3 is 0 Å². The van der Waals surface area contributed by atoms with Gasteiger partial charge < -0.3 is 16.2 Å². The molecule has 8 heteroatoms. The molecule has 0 saturated carbocycles. The molecule has 2 aromatic rings. The van der Waals surface area contributed by atoms with Gasteiger partial charge in [-0.1, -0.05) is 57.2 Å². The van der Waals surface area contributed by atoms with Crippen LogP contribution in [-0.2, 0) is 28.2 Å². The number of nitrogen functional groups attached to an aromatic ring is 1. The normalized spacial score (nSPS) is 22.5. The molecule has 0 bridgehead atoms. The summed E-state index contributed by atoms with van der Waals surface area (Å²) < 4.78 is 39.6. The molecule has 3 atom stereocenters. The van der Waals surface area contributed by atoms with Gasteiger partial charge in [0.05, 0.1) is 23.3 Å². The number of nitrogens with two attached hydrogens (primary N) is 1. The quantitative estimate of drug-likeness (QED) is 0.505. The summed E-state index contributed by atoms with van der Waals surface area (Å²) in [5.74, 6) is -1.33. The van der Waals surface area contributed by atoms with Crippen molar-refractivity contribution >= 4 is 34.0 Å². The van der Waals surface area contributed by atoms with Crippen molar-refractivity contribution in [1.82, 2.24) is 5.32 Å². The molecular weight excluding hydrogens is 475 g/mol. The van der Waals surface area contributed by atoms with E-state index >= 15 is 0 Å². The lowest BCUT2D eigenvalue weighted by molar-refractivity contribution is 0.0781. The minimum absolute atomic E-state index is 0. The Morgan fingerprint density at radius 2 is 1.88 bits per heavy atom. The van der Waals surface area contributed by atoms with E-state index in [4.69, 9.17) is 5.73 Å². The Labute approximate surface area is 209 Å². The van der Waals surface area contributed by atoms with Crippen molar-refractivity contribution in [3.63, 3.8) is 0 Å². The molecule has 0 aliphatic carbocycles. The number of sulfone groups is 1. The number of rotatable bonds is 6. The molecule has 0 aromatic heterocycles. The molecule has 1 heterocycles. The lowest BCUT2D eigenvalue weighted by atomic mass is 9.86. The Morgan fingerprint density at radius 1 is 1.18 bits per heavy atom. The fourth-order valence-corrected chi connectivity index (χ4v) is 6.35. The van der Waals surface area contributed by atoms with E-state index < -0.39 is 33.7 Å². The summed E-state index contributed by atoms with van der Waals surface area (Å²) in [5, 5.41) is 14.3. The van der Waals surface area contributed by atoms with Gasteiger partial charge in [0.25, 0.3) is 0 Å². The highest BCUT2D eigenvalue weighted by atomic mass is 35.5. The Kier molecular flexibility index (Phi) is 9.33. The van der Waals surface area contributed by atoms with Crippen molar-refractivity contribution in [2.75, 3.05) is 17.2 Å². The number of aliphatic hydroxyl groups is 1. The van der Waals surface area contributed by atoms with Crippen molar-refractivity contribution in [2.45, 2.75) is 58.2 Å². The first-order chi connectivity index (χ1) is 15.4. The van der Waals surface area contributed by atoms with Crippen molar-refractivity contribution in [3.05, 3.63) is 70.5 Å². The number of nitrogens with one attached hydrogen (secondary N) is 1. The molecule has 1 saturated heterocycles. The third-order valence-electron chi connectivity index (χ3n) is 6.22. The smallest absolute Gasteiger partial charge is 0.152 e. The van der Waals surface area contributed by atoms with E-state index in [1.54, 1.807) is 18.2 Å². The number of aliphatic hydroxyl groups excluding tert-OH is 1. The summed E-state index contributed by atoms with van der Waals surface area (Å²) in [6.07, 6.45) is 2.86. The van der Waals surface area contributed by atoms with Gasteiger partial charge in [0.15, 0.2) is 9.84 Å². The average Bonchev–Trinajstić information content (AvgIpc) is 2.72. The average molecular weight is 511 g/mol. The van der Waals surface area contributed by atoms with E-state index in [9.17, 15) is 17.9 Å². The molecule has 5 nitrogen and oxygen atoms in total. The monoisotopic (exact) mass is 510 g/mol. The lowest BCUT2D eigenvalue weighted by Gasteiger charge is -2.35. The topological polar surface area (TPSA) is 92.4 Å². The van der Waals surface area contributed by atoms with Crippen LogP contribution in [0.1, 0.15) is 49.9 Å². The fraction of sp³-hybridized carbons (Fsp3) is 0.462. The third-order valence-corrected chi connectivity index (χ3v) is 8.03. The zero-order chi connectivity index (χ0) is 24.4. The predicted molar refractivity (Wildman–Crippen MR) is 140 cm³/mol. The van der Waals surface area contributed by atoms with Crippen LogP contribution in [-0.4, -0.2) is 37.2 Å². The summed E-state index contributed by atoms with van der Waals surface area (Å²) >= 11 is 0. The van der Waals surface area contributed by atoms with Gasteiger partial charge in [0.1, 0.15) is 5.82 Å². The number of hydrogen-bond donors (Lipinski definition) is 3. The SMILES string of the molecule is C/C=C\c1cc(C[C@@H]2CS(=O)(=O)C[C@H](NCc3cccc(C(C)(C)C)c3)[C@H]2O)cc(F)c1N.Cl. The number of allylic oxidation sites excluding steroid dienone is 1. The molecule has 2 aromatic carbocycles. The molecule has 1 aliphatic rings. The molecule has 4 N–H and O–H groups in total. The molecular formula is C26H36ClFN2O3S. The maximum absolute atomic E-state index is 14.3. The number of hydrogen-bond acceptors (Lipinski definition) is 5. The van der Waals surface area contributed by atoms with Crippen LogP contribution in [0.2, 0.25) is 0 Å². The maximum Gasteiger partial charge on any atom is 0.152 e. The zero-order valence-electron chi connectivity index (χ0n) is 20.2. The maximum atomic E-state index is 14.3. The Morgan fingerprint density at radius 3 is 2.53 bits per heavy atom. The van der Waals surface area contributed by atoms with Crippen LogP contribution in [0.3, 0.4) is 0 Å². The van der Waals surface area contributed by atoms with Gasteiger partial charge in [0, 0.05) is 24.1 Å². The Bertz CT molecular complexity index is 1130. The largest absolute Gasteiger partial charge is 0.396 e. The van der Waals surface area contributed by atoms with Crippen LogP contribution in [0.15, 0.2) is 42.5 Å². The van der Waals surface area contributed by atoms with E-state index in [1.165, 1.54) is 11.6 Å². The number of benzene rings is 2. The molecule has 34 heavy (non-hydrogen) atoms. The van der Waals surface area contributed by atoms with Gasteiger partial charge in [-0.25, -0.2) is 12.8 Å². The molecule has 0 amide bonds. The van der Waals surface area contributed by atoms with Crippen LogP contribution in [0.5, 0.6) is 0 Å². The van der Waals surface area contributed by atoms with Crippen molar-refractivity contribution in [1.29, 1.82) is 0 Å². The summed E-state index contributed by atoms with van der Waals surface area (Å²) in [4.78, 5) is 0. The minimum Gasteiger partial charge on any atom is -0.396 e. The van der Waals surface area contributed by atoms with Crippen molar-refractivity contribution < 1.29 is 17.9 Å². The van der Waals surface area contributed by atoms with Crippen molar-refractivity contribution in [2.24, 2.45) is 5.92 Å². The highest BCUT2D eigenvalue weighted by Crippen LogP contribution is 2.28. The predicted octanol–water partition coefficient (Wildman–Crippen LogP) is 4.27. The summed E-state index contributed by atoms with van der Waals surface area (Å²) in [6.45, 7) is 8.70. The first-order valence-electron chi connectivity index (χ1n) is 11.3. The Hall–Kier alpha value is -1.93. The molecule has 0 spiro atoms. The number of halogens is 2. The van der Waals surface area contributed by atoms with Gasteiger partial charge in [-0.3, -0.25) is 0 Å². The third kappa shape index (κ3) is 7.04. The highest BCUT2D eigenvalue weighted by molar-refractivity contribution is 7.91. The molecule has 0 unspecified atom stereocenters. The zero-order valence-corrected chi connectivity index (χ0v) is 21.8. The molecule has 3 rings (SSSR count). The van der Waals surface area contributed by atoms with Crippen LogP contribution < -0.4 is 11.1 Å². The highest BCUT2D eigenvalue weighted by Gasteiger charge is 2.39. The van der Waals surface area contributed by atoms with E-state index in [-0.39, 0.29) is 41.4 Å². The second-order valence-corrected chi connectivity index (χ2v) is 12.2. The fourth-order valence-electron chi connectivity index (χ4n) is 4.39. The van der Waals surface area contributed by atoms with Gasteiger partial charge in [0.2, 0.25) is 0 Å². The first kappa shape index (κ1) is 28.3. The van der Waals surface area contributed by atoms with Gasteiger partial charge in [-0.15, -0.1) is 12.4 Å². The second kappa shape index (κ2) is 11.2. The van der Waals surface area contributed by atoms with E-state index in [1.807, 2.05) is 19.1 Å². The standard InChI is InChI=1S/C26H35FN2O3S.ClH/c1-5-7-19-10-18(13-22(27)24(19)28)11-20-15-33(31,32)16-23(25(20)30)29-14-17-8-6-9-21(12-17)26(2,3)4;/h5-10,12-13,20,23,25,29-30H,11,14-16,28H2,1-4H3;1H/b7-5-;/t20-,23+,25+;/m1./s1. The summed E-state index contributed by atoms with van der Waals surface area (Å²) in [6, 6.07) is 10.7.